The predicted molar refractivity (Wildman–Crippen MR) is 143 cm³/mol. The van der Waals surface area contributed by atoms with E-state index in [1.54, 1.807) is 12.3 Å². The Hall–Kier alpha value is -3.74. The Bertz CT molecular complexity index is 1210. The largest absolute Gasteiger partial charge is 0.480 e. The quantitative estimate of drug-likeness (QED) is 0.391. The standard InChI is InChI=1S/C30H35N3O4/c34-28(35)21-33(18-17-23-11-5-2-6-12-23)30(37)26(16-15-22-9-3-1-4-10-22)32-29(36)27-19-24-13-7-8-14-25(24)20-31-27/h1,3-4,7-10,13-14,19-20,23,26H,2,5-6,11-12,15-18,21H2,(H,32,36)(H,34,35)/t26-/m0/s1. The third kappa shape index (κ3) is 7.62. The van der Waals surface area contributed by atoms with Gasteiger partial charge in [0.25, 0.3) is 5.91 Å². The van der Waals surface area contributed by atoms with Crippen molar-refractivity contribution in [2.75, 3.05) is 13.1 Å². The number of pyridine rings is 1. The fraction of sp³-hybridized carbons (Fsp3) is 0.400. The van der Waals surface area contributed by atoms with Crippen molar-refractivity contribution in [2.24, 2.45) is 5.92 Å². The number of benzene rings is 2. The molecule has 0 aliphatic heterocycles. The van der Waals surface area contributed by atoms with Gasteiger partial charge in [-0.25, -0.2) is 0 Å². The number of aliphatic carboxylic acids is 1. The first-order chi connectivity index (χ1) is 18.0. The normalized spacial score (nSPS) is 14.7. The first kappa shape index (κ1) is 26.3. The van der Waals surface area contributed by atoms with Gasteiger partial charge in [-0.2, -0.15) is 0 Å². The van der Waals surface area contributed by atoms with E-state index in [-0.39, 0.29) is 18.1 Å². The van der Waals surface area contributed by atoms with Crippen molar-refractivity contribution >= 4 is 28.6 Å². The zero-order valence-corrected chi connectivity index (χ0v) is 21.1. The molecule has 4 rings (SSSR count). The van der Waals surface area contributed by atoms with Gasteiger partial charge in [0.2, 0.25) is 5.91 Å². The van der Waals surface area contributed by atoms with Crippen molar-refractivity contribution in [1.82, 2.24) is 15.2 Å². The Balaban J connectivity index is 1.51. The van der Waals surface area contributed by atoms with E-state index in [4.69, 9.17) is 0 Å². The van der Waals surface area contributed by atoms with Gasteiger partial charge in [0.05, 0.1) is 0 Å². The molecule has 7 heteroatoms. The van der Waals surface area contributed by atoms with Gasteiger partial charge in [0, 0.05) is 18.1 Å². The molecule has 2 amide bonds. The molecule has 7 nitrogen and oxygen atoms in total. The lowest BCUT2D eigenvalue weighted by Gasteiger charge is -2.29. The molecule has 0 radical (unpaired) electrons. The van der Waals surface area contributed by atoms with Gasteiger partial charge in [-0.1, -0.05) is 86.7 Å². The van der Waals surface area contributed by atoms with Crippen LogP contribution in [0, 0.1) is 5.92 Å². The minimum Gasteiger partial charge on any atom is -0.480 e. The maximum atomic E-state index is 13.7. The lowest BCUT2D eigenvalue weighted by atomic mass is 9.87. The summed E-state index contributed by atoms with van der Waals surface area (Å²) in [6.45, 7) is -0.000776. The van der Waals surface area contributed by atoms with Gasteiger partial charge in [-0.05, 0) is 42.2 Å². The average molecular weight is 502 g/mol. The average Bonchev–Trinajstić information content (AvgIpc) is 2.93. The first-order valence-corrected chi connectivity index (χ1v) is 13.2. The van der Waals surface area contributed by atoms with Crippen LogP contribution in [0.1, 0.15) is 61.0 Å². The second-order valence-corrected chi connectivity index (χ2v) is 9.91. The third-order valence-electron chi connectivity index (χ3n) is 7.20. The monoisotopic (exact) mass is 501 g/mol. The van der Waals surface area contributed by atoms with Crippen LogP contribution in [0.15, 0.2) is 66.9 Å². The number of carboxylic acid groups (broad SMARTS) is 1. The number of amides is 2. The molecule has 3 aromatic rings. The fourth-order valence-electron chi connectivity index (χ4n) is 5.12. The molecule has 1 aliphatic rings. The van der Waals surface area contributed by atoms with E-state index in [9.17, 15) is 19.5 Å². The van der Waals surface area contributed by atoms with Crippen LogP contribution in [0.4, 0.5) is 0 Å². The molecule has 0 bridgehead atoms. The molecule has 1 saturated carbocycles. The van der Waals surface area contributed by atoms with Crippen LogP contribution >= 0.6 is 0 Å². The number of rotatable bonds is 11. The maximum absolute atomic E-state index is 13.7. The van der Waals surface area contributed by atoms with Crippen molar-refractivity contribution in [2.45, 2.75) is 57.4 Å². The Kier molecular flexibility index (Phi) is 9.24. The molecule has 0 saturated heterocycles. The van der Waals surface area contributed by atoms with Crippen molar-refractivity contribution in [1.29, 1.82) is 0 Å². The van der Waals surface area contributed by atoms with Crippen LogP contribution in [-0.2, 0) is 16.0 Å². The topological polar surface area (TPSA) is 99.6 Å². The van der Waals surface area contributed by atoms with Gasteiger partial charge < -0.3 is 15.3 Å². The highest BCUT2D eigenvalue weighted by molar-refractivity contribution is 5.99. The summed E-state index contributed by atoms with van der Waals surface area (Å²) in [7, 11) is 0. The predicted octanol–water partition coefficient (Wildman–Crippen LogP) is 4.85. The van der Waals surface area contributed by atoms with Gasteiger partial charge in [-0.15, -0.1) is 0 Å². The lowest BCUT2D eigenvalue weighted by Crippen LogP contribution is -2.50. The molecule has 2 aromatic carbocycles. The van der Waals surface area contributed by atoms with Crippen LogP contribution in [0.25, 0.3) is 10.8 Å². The molecule has 1 fully saturated rings. The van der Waals surface area contributed by atoms with Crippen molar-refractivity contribution < 1.29 is 19.5 Å². The number of hydrogen-bond acceptors (Lipinski definition) is 4. The Morgan fingerprint density at radius 1 is 0.973 bits per heavy atom. The Morgan fingerprint density at radius 2 is 1.68 bits per heavy atom. The number of nitrogens with one attached hydrogen (secondary N) is 1. The van der Waals surface area contributed by atoms with E-state index in [1.807, 2.05) is 54.6 Å². The van der Waals surface area contributed by atoms with E-state index in [2.05, 4.69) is 10.3 Å². The minimum atomic E-state index is -1.05. The summed E-state index contributed by atoms with van der Waals surface area (Å²) in [4.78, 5) is 44.2. The summed E-state index contributed by atoms with van der Waals surface area (Å²) in [5, 5.41) is 14.2. The van der Waals surface area contributed by atoms with Crippen LogP contribution in [0.3, 0.4) is 0 Å². The zero-order chi connectivity index (χ0) is 26.0. The minimum absolute atomic E-state index is 0.225. The smallest absolute Gasteiger partial charge is 0.323 e. The molecule has 0 unspecified atom stereocenters. The number of aryl methyl sites for hydroxylation is 1. The second kappa shape index (κ2) is 13.0. The molecular weight excluding hydrogens is 466 g/mol. The number of carbonyl (C=O) groups excluding carboxylic acids is 2. The molecule has 1 heterocycles. The van der Waals surface area contributed by atoms with Gasteiger partial charge in [-0.3, -0.25) is 19.4 Å². The molecular formula is C30H35N3O4. The second-order valence-electron chi connectivity index (χ2n) is 9.91. The van der Waals surface area contributed by atoms with E-state index < -0.39 is 17.9 Å². The maximum Gasteiger partial charge on any atom is 0.323 e. The highest BCUT2D eigenvalue weighted by Gasteiger charge is 2.29. The van der Waals surface area contributed by atoms with Crippen LogP contribution in [-0.4, -0.2) is 51.9 Å². The van der Waals surface area contributed by atoms with Gasteiger partial charge in [0.1, 0.15) is 18.3 Å². The summed E-state index contributed by atoms with van der Waals surface area (Å²) in [5.41, 5.74) is 1.27. The number of fused-ring (bicyclic) bond motifs is 1. The molecule has 1 aliphatic carbocycles. The number of carbonyl (C=O) groups is 3. The molecule has 2 N–H and O–H groups in total. The van der Waals surface area contributed by atoms with Crippen molar-refractivity contribution in [3.63, 3.8) is 0 Å². The Morgan fingerprint density at radius 3 is 2.41 bits per heavy atom. The van der Waals surface area contributed by atoms with E-state index in [1.165, 1.54) is 24.2 Å². The van der Waals surface area contributed by atoms with E-state index in [0.29, 0.717) is 25.3 Å². The van der Waals surface area contributed by atoms with E-state index >= 15 is 0 Å². The molecule has 37 heavy (non-hydrogen) atoms. The van der Waals surface area contributed by atoms with Crippen LogP contribution < -0.4 is 5.32 Å². The first-order valence-electron chi connectivity index (χ1n) is 13.2. The van der Waals surface area contributed by atoms with E-state index in [0.717, 1.165) is 35.6 Å². The van der Waals surface area contributed by atoms with Crippen molar-refractivity contribution in [3.05, 3.63) is 78.1 Å². The number of hydrogen-bond donors (Lipinski definition) is 2. The summed E-state index contributed by atoms with van der Waals surface area (Å²) < 4.78 is 0. The van der Waals surface area contributed by atoms with Crippen LogP contribution in [0.5, 0.6) is 0 Å². The summed E-state index contributed by atoms with van der Waals surface area (Å²) >= 11 is 0. The summed E-state index contributed by atoms with van der Waals surface area (Å²) in [5.74, 6) is -1.35. The third-order valence-corrected chi connectivity index (χ3v) is 7.20. The molecule has 1 atom stereocenters. The van der Waals surface area contributed by atoms with Crippen molar-refractivity contribution in [3.8, 4) is 0 Å². The van der Waals surface area contributed by atoms with Gasteiger partial charge in [0.15, 0.2) is 0 Å². The number of nitrogens with zero attached hydrogens (tertiary/aromatic N) is 2. The molecule has 0 spiro atoms. The fourth-order valence-corrected chi connectivity index (χ4v) is 5.12. The highest BCUT2D eigenvalue weighted by atomic mass is 16.4. The summed E-state index contributed by atoms with van der Waals surface area (Å²) in [6.07, 6.45) is 9.22. The summed E-state index contributed by atoms with van der Waals surface area (Å²) in [6, 6.07) is 18.2. The molecule has 194 valence electrons. The SMILES string of the molecule is O=C(O)CN(CCC1CCCCC1)C(=O)[C@H](CCc1ccccc1)NC(=O)c1cc2ccccc2cn1. The van der Waals surface area contributed by atoms with Gasteiger partial charge >= 0.3 is 5.97 Å². The lowest BCUT2D eigenvalue weighted by molar-refractivity contribution is -0.145. The molecule has 1 aromatic heterocycles. The highest BCUT2D eigenvalue weighted by Crippen LogP contribution is 2.26. The Labute approximate surface area is 217 Å². The number of aromatic nitrogens is 1. The number of carboxylic acids is 1. The van der Waals surface area contributed by atoms with Crippen LogP contribution in [0.2, 0.25) is 0 Å². The zero-order valence-electron chi connectivity index (χ0n) is 21.1.